The minimum atomic E-state index is -0.100. The molecule has 2 aromatic carbocycles. The minimum absolute atomic E-state index is 0.100. The van der Waals surface area contributed by atoms with E-state index in [4.69, 9.17) is 4.42 Å². The van der Waals surface area contributed by atoms with Gasteiger partial charge in [0.15, 0.2) is 0 Å². The van der Waals surface area contributed by atoms with Crippen LogP contribution in [-0.2, 0) is 4.79 Å². The summed E-state index contributed by atoms with van der Waals surface area (Å²) in [4.78, 5) is 12.1. The van der Waals surface area contributed by atoms with Crippen molar-refractivity contribution in [2.75, 3.05) is 11.1 Å². The van der Waals surface area contributed by atoms with Gasteiger partial charge in [-0.1, -0.05) is 48.2 Å². The Balaban J connectivity index is 1.60. The summed E-state index contributed by atoms with van der Waals surface area (Å²) in [5.41, 5.74) is 3.80. The van der Waals surface area contributed by atoms with Crippen LogP contribution < -0.4 is 5.32 Å². The molecule has 24 heavy (non-hydrogen) atoms. The molecule has 0 saturated heterocycles. The fraction of sp³-hybridized carbons (Fsp3) is 0.167. The van der Waals surface area contributed by atoms with Crippen LogP contribution in [0.15, 0.2) is 58.2 Å². The second-order valence-electron chi connectivity index (χ2n) is 5.34. The predicted octanol–water partition coefficient (Wildman–Crippen LogP) is 4.08. The Morgan fingerprint density at radius 2 is 1.75 bits per heavy atom. The van der Waals surface area contributed by atoms with Gasteiger partial charge in [-0.3, -0.25) is 4.79 Å². The first kappa shape index (κ1) is 16.3. The molecule has 6 heteroatoms. The van der Waals surface area contributed by atoms with Crippen molar-refractivity contribution in [3.8, 4) is 11.5 Å². The Morgan fingerprint density at radius 1 is 1.04 bits per heavy atom. The summed E-state index contributed by atoms with van der Waals surface area (Å²) in [6.45, 7) is 3.94. The number of carbonyl (C=O) groups excluding carboxylic acids is 1. The SMILES string of the molecule is Cc1cccc(C)c1NC(=O)CSc1nnc(-c2ccccc2)o1. The van der Waals surface area contributed by atoms with E-state index in [9.17, 15) is 4.79 Å². The Bertz CT molecular complexity index is 826. The average Bonchev–Trinajstić information content (AvgIpc) is 3.06. The number of carbonyl (C=O) groups is 1. The normalized spacial score (nSPS) is 10.6. The van der Waals surface area contributed by atoms with Crippen LogP contribution in [0.2, 0.25) is 0 Å². The molecule has 0 bridgehead atoms. The van der Waals surface area contributed by atoms with Crippen molar-refractivity contribution in [1.82, 2.24) is 10.2 Å². The molecule has 1 N–H and O–H groups in total. The minimum Gasteiger partial charge on any atom is -0.411 e. The molecule has 0 unspecified atom stereocenters. The van der Waals surface area contributed by atoms with Crippen molar-refractivity contribution < 1.29 is 9.21 Å². The summed E-state index contributed by atoms with van der Waals surface area (Å²) in [6, 6.07) is 15.5. The molecule has 0 radical (unpaired) electrons. The van der Waals surface area contributed by atoms with Gasteiger partial charge in [0.05, 0.1) is 5.75 Å². The second-order valence-corrected chi connectivity index (χ2v) is 6.27. The molecule has 1 heterocycles. The van der Waals surface area contributed by atoms with Crippen molar-refractivity contribution in [3.05, 3.63) is 59.7 Å². The molecule has 0 spiro atoms. The second kappa shape index (κ2) is 7.31. The summed E-state index contributed by atoms with van der Waals surface area (Å²) >= 11 is 1.22. The Morgan fingerprint density at radius 3 is 2.46 bits per heavy atom. The fourth-order valence-corrected chi connectivity index (χ4v) is 2.84. The molecule has 0 fully saturated rings. The van der Waals surface area contributed by atoms with E-state index in [0.717, 1.165) is 22.4 Å². The number of nitrogens with zero attached hydrogens (tertiary/aromatic N) is 2. The van der Waals surface area contributed by atoms with Crippen LogP contribution in [0, 0.1) is 13.8 Å². The van der Waals surface area contributed by atoms with Gasteiger partial charge in [0.25, 0.3) is 5.22 Å². The standard InChI is InChI=1S/C18H17N3O2S/c1-12-7-6-8-13(2)16(12)19-15(22)11-24-18-21-20-17(23-18)14-9-4-3-5-10-14/h3-10H,11H2,1-2H3,(H,19,22). The lowest BCUT2D eigenvalue weighted by molar-refractivity contribution is -0.113. The number of hydrogen-bond donors (Lipinski definition) is 1. The maximum atomic E-state index is 12.1. The number of rotatable bonds is 5. The molecule has 0 atom stereocenters. The Labute approximate surface area is 144 Å². The van der Waals surface area contributed by atoms with E-state index < -0.39 is 0 Å². The van der Waals surface area contributed by atoms with Gasteiger partial charge in [-0.25, -0.2) is 0 Å². The number of benzene rings is 2. The molecule has 0 aliphatic rings. The molecule has 0 saturated carbocycles. The van der Waals surface area contributed by atoms with Crippen LogP contribution in [0.5, 0.6) is 0 Å². The van der Waals surface area contributed by atoms with Crippen molar-refractivity contribution >= 4 is 23.4 Å². The van der Waals surface area contributed by atoms with Crippen LogP contribution in [-0.4, -0.2) is 21.9 Å². The van der Waals surface area contributed by atoms with Gasteiger partial charge in [0.2, 0.25) is 11.8 Å². The number of thioether (sulfide) groups is 1. The number of aryl methyl sites for hydroxylation is 2. The molecule has 5 nitrogen and oxygen atoms in total. The monoisotopic (exact) mass is 339 g/mol. The highest BCUT2D eigenvalue weighted by Crippen LogP contribution is 2.24. The highest BCUT2D eigenvalue weighted by Gasteiger charge is 2.12. The maximum Gasteiger partial charge on any atom is 0.277 e. The Hall–Kier alpha value is -2.60. The lowest BCUT2D eigenvalue weighted by atomic mass is 10.1. The lowest BCUT2D eigenvalue weighted by Gasteiger charge is -2.10. The first-order chi connectivity index (χ1) is 11.6. The number of hydrogen-bond acceptors (Lipinski definition) is 5. The summed E-state index contributed by atoms with van der Waals surface area (Å²) in [7, 11) is 0. The molecule has 122 valence electrons. The summed E-state index contributed by atoms with van der Waals surface area (Å²) in [6.07, 6.45) is 0. The highest BCUT2D eigenvalue weighted by molar-refractivity contribution is 7.99. The summed E-state index contributed by atoms with van der Waals surface area (Å²) < 4.78 is 5.58. The van der Waals surface area contributed by atoms with Gasteiger partial charge in [-0.15, -0.1) is 10.2 Å². The zero-order valence-corrected chi connectivity index (χ0v) is 14.3. The first-order valence-corrected chi connectivity index (χ1v) is 8.50. The van der Waals surface area contributed by atoms with Crippen molar-refractivity contribution in [1.29, 1.82) is 0 Å². The molecule has 3 rings (SSSR count). The topological polar surface area (TPSA) is 68.0 Å². The molecule has 1 amide bonds. The largest absolute Gasteiger partial charge is 0.411 e. The van der Waals surface area contributed by atoms with Gasteiger partial charge in [0.1, 0.15) is 0 Å². The molecule has 0 aliphatic heterocycles. The smallest absolute Gasteiger partial charge is 0.277 e. The summed E-state index contributed by atoms with van der Waals surface area (Å²) in [5.74, 6) is 0.564. The third-order valence-corrected chi connectivity index (χ3v) is 4.32. The molecule has 3 aromatic rings. The van der Waals surface area contributed by atoms with Gasteiger partial charge in [-0.05, 0) is 37.1 Å². The van der Waals surface area contributed by atoms with Crippen molar-refractivity contribution in [2.45, 2.75) is 19.1 Å². The molecular weight excluding hydrogens is 322 g/mol. The number of aromatic nitrogens is 2. The van der Waals surface area contributed by atoms with E-state index in [2.05, 4.69) is 15.5 Å². The zero-order chi connectivity index (χ0) is 16.9. The van der Waals surface area contributed by atoms with E-state index in [1.807, 2.05) is 62.4 Å². The lowest BCUT2D eigenvalue weighted by Crippen LogP contribution is -2.15. The van der Waals surface area contributed by atoms with Crippen LogP contribution in [0.3, 0.4) is 0 Å². The van der Waals surface area contributed by atoms with Gasteiger partial charge in [-0.2, -0.15) is 0 Å². The van der Waals surface area contributed by atoms with Crippen molar-refractivity contribution in [3.63, 3.8) is 0 Å². The summed E-state index contributed by atoms with van der Waals surface area (Å²) in [5, 5.41) is 11.3. The van der Waals surface area contributed by atoms with Crippen LogP contribution >= 0.6 is 11.8 Å². The van der Waals surface area contributed by atoms with E-state index in [0.29, 0.717) is 11.1 Å². The number of nitrogens with one attached hydrogen (secondary N) is 1. The van der Waals surface area contributed by atoms with E-state index in [1.54, 1.807) is 0 Å². The van der Waals surface area contributed by atoms with Gasteiger partial charge >= 0.3 is 0 Å². The van der Waals surface area contributed by atoms with Gasteiger partial charge in [0, 0.05) is 11.3 Å². The van der Waals surface area contributed by atoms with Gasteiger partial charge < -0.3 is 9.73 Å². The van der Waals surface area contributed by atoms with Crippen LogP contribution in [0.4, 0.5) is 5.69 Å². The zero-order valence-electron chi connectivity index (χ0n) is 13.4. The quantitative estimate of drug-likeness (QED) is 0.709. The van der Waals surface area contributed by atoms with E-state index in [-0.39, 0.29) is 11.7 Å². The third kappa shape index (κ3) is 3.83. The fourth-order valence-electron chi connectivity index (χ4n) is 2.28. The number of anilines is 1. The highest BCUT2D eigenvalue weighted by atomic mass is 32.2. The van der Waals surface area contributed by atoms with E-state index >= 15 is 0 Å². The maximum absolute atomic E-state index is 12.1. The van der Waals surface area contributed by atoms with Crippen LogP contribution in [0.1, 0.15) is 11.1 Å². The van der Waals surface area contributed by atoms with Crippen molar-refractivity contribution in [2.24, 2.45) is 0 Å². The van der Waals surface area contributed by atoms with Crippen LogP contribution in [0.25, 0.3) is 11.5 Å². The molecular formula is C18H17N3O2S. The van der Waals surface area contributed by atoms with E-state index in [1.165, 1.54) is 11.8 Å². The number of amides is 1. The molecule has 0 aliphatic carbocycles. The number of para-hydroxylation sites is 1. The first-order valence-electron chi connectivity index (χ1n) is 7.51. The Kier molecular flexibility index (Phi) is 4.96. The molecule has 1 aromatic heterocycles. The average molecular weight is 339 g/mol. The third-order valence-electron chi connectivity index (χ3n) is 3.50. The predicted molar refractivity (Wildman–Crippen MR) is 95.0 cm³/mol.